The second-order valence-electron chi connectivity index (χ2n) is 12.2. The second-order valence-corrected chi connectivity index (χ2v) is 12.7. The molecule has 1 atom stereocenters. The summed E-state index contributed by atoms with van der Waals surface area (Å²) in [7, 11) is 0. The number of unbranched alkanes of at least 4 members (excludes halogenated alkanes) is 15. The molecule has 0 aromatic heterocycles. The Hall–Kier alpha value is -2.62. The van der Waals surface area contributed by atoms with Gasteiger partial charge in [0.1, 0.15) is 6.61 Å². The Morgan fingerprint density at radius 1 is 0.614 bits per heavy atom. The topological polar surface area (TPSA) is 35.5 Å². The molecule has 0 aliphatic rings. The first-order chi connectivity index (χ1) is 21.6. The maximum atomic E-state index is 12.5. The first-order valence-corrected chi connectivity index (χ1v) is 17.7. The number of halogens is 1. The molecule has 0 aliphatic heterocycles. The van der Waals surface area contributed by atoms with Gasteiger partial charge in [-0.2, -0.15) is 0 Å². The molecule has 240 valence electrons. The van der Waals surface area contributed by atoms with Gasteiger partial charge in [-0.3, -0.25) is 0 Å². The average Bonchev–Trinajstić information content (AvgIpc) is 3.06. The minimum Gasteiger partial charge on any atom is -0.457 e. The third-order valence-electron chi connectivity index (χ3n) is 8.48. The van der Waals surface area contributed by atoms with Crippen molar-refractivity contribution >= 4 is 17.6 Å². The molecule has 0 fully saturated rings. The predicted octanol–water partition coefficient (Wildman–Crippen LogP) is 12.7. The van der Waals surface area contributed by atoms with Crippen molar-refractivity contribution in [1.82, 2.24) is 0 Å². The van der Waals surface area contributed by atoms with Crippen molar-refractivity contribution in [2.24, 2.45) is 0 Å². The van der Waals surface area contributed by atoms with Gasteiger partial charge in [-0.25, -0.2) is 4.79 Å². The van der Waals surface area contributed by atoms with E-state index in [2.05, 4.69) is 38.1 Å². The molecule has 1 unspecified atom stereocenters. The van der Waals surface area contributed by atoms with Crippen LogP contribution in [0.4, 0.5) is 0 Å². The molecule has 0 saturated heterocycles. The van der Waals surface area contributed by atoms with E-state index in [1.165, 1.54) is 102 Å². The number of benzene rings is 3. The van der Waals surface area contributed by atoms with Gasteiger partial charge in [-0.1, -0.05) is 163 Å². The average molecular weight is 619 g/mol. The number of ether oxygens (including phenoxy) is 2. The lowest BCUT2D eigenvalue weighted by Gasteiger charge is -2.14. The summed E-state index contributed by atoms with van der Waals surface area (Å²) in [6.45, 7) is 5.46. The van der Waals surface area contributed by atoms with E-state index in [0.717, 1.165) is 29.7 Å². The van der Waals surface area contributed by atoms with E-state index in [1.54, 1.807) is 12.1 Å². The number of rotatable bonds is 23. The SMILES string of the molecule is CCCCCCCCCCCCCCCCCCOC(C)c1ccc(-c2ccc(C(=O)OCc3ccc(Cl)cc3)cc2)cc1. The Labute approximate surface area is 272 Å². The van der Waals surface area contributed by atoms with Crippen LogP contribution < -0.4 is 0 Å². The summed E-state index contributed by atoms with van der Waals surface area (Å²) in [5.41, 5.74) is 4.80. The van der Waals surface area contributed by atoms with Crippen LogP contribution in [0.2, 0.25) is 5.02 Å². The van der Waals surface area contributed by atoms with Crippen LogP contribution in [0, 0.1) is 0 Å². The Kier molecular flexibility index (Phi) is 17.9. The van der Waals surface area contributed by atoms with E-state index >= 15 is 0 Å². The zero-order valence-electron chi connectivity index (χ0n) is 27.3. The van der Waals surface area contributed by atoms with Gasteiger partial charge in [0.2, 0.25) is 0 Å². The van der Waals surface area contributed by atoms with Gasteiger partial charge in [0.05, 0.1) is 11.7 Å². The van der Waals surface area contributed by atoms with Crippen molar-refractivity contribution in [1.29, 1.82) is 0 Å². The van der Waals surface area contributed by atoms with Gasteiger partial charge >= 0.3 is 5.97 Å². The Balaban J connectivity index is 1.22. The maximum absolute atomic E-state index is 12.5. The molecule has 0 amide bonds. The van der Waals surface area contributed by atoms with E-state index < -0.39 is 0 Å². The molecule has 0 aliphatic carbocycles. The van der Waals surface area contributed by atoms with Crippen molar-refractivity contribution in [2.45, 2.75) is 129 Å². The summed E-state index contributed by atoms with van der Waals surface area (Å²) in [5, 5.41) is 0.663. The van der Waals surface area contributed by atoms with Crippen LogP contribution in [-0.2, 0) is 16.1 Å². The summed E-state index contributed by atoms with van der Waals surface area (Å²) in [5.74, 6) is -0.336. The number of esters is 1. The molecule has 0 bridgehead atoms. The summed E-state index contributed by atoms with van der Waals surface area (Å²) in [6, 6.07) is 23.4. The first kappa shape index (κ1) is 35.9. The fourth-order valence-corrected chi connectivity index (χ4v) is 5.69. The molecule has 0 radical (unpaired) electrons. The zero-order chi connectivity index (χ0) is 31.2. The summed E-state index contributed by atoms with van der Waals surface area (Å²) >= 11 is 5.92. The normalized spacial score (nSPS) is 11.9. The number of carbonyl (C=O) groups is 1. The standard InChI is InChI=1S/C40H55ClO3/c1-3-4-5-6-7-8-9-10-11-12-13-14-15-16-17-18-31-43-33(2)35-21-23-36(24-22-35)37-25-27-38(28-26-37)40(42)44-32-34-19-29-39(41)30-20-34/h19-30,33H,3-18,31-32H2,1-2H3. The molecule has 3 aromatic rings. The molecule has 0 heterocycles. The monoisotopic (exact) mass is 618 g/mol. The zero-order valence-corrected chi connectivity index (χ0v) is 28.1. The van der Waals surface area contributed by atoms with Crippen molar-refractivity contribution in [3.8, 4) is 11.1 Å². The van der Waals surface area contributed by atoms with E-state index in [-0.39, 0.29) is 18.7 Å². The van der Waals surface area contributed by atoms with Crippen LogP contribution in [0.5, 0.6) is 0 Å². The second kappa shape index (κ2) is 22.0. The van der Waals surface area contributed by atoms with Crippen molar-refractivity contribution < 1.29 is 14.3 Å². The van der Waals surface area contributed by atoms with E-state index in [1.807, 2.05) is 36.4 Å². The van der Waals surface area contributed by atoms with E-state index in [4.69, 9.17) is 21.1 Å². The van der Waals surface area contributed by atoms with Crippen LogP contribution in [0.3, 0.4) is 0 Å². The molecular weight excluding hydrogens is 564 g/mol. The molecule has 4 heteroatoms. The van der Waals surface area contributed by atoms with Gasteiger partial charge in [0.25, 0.3) is 0 Å². The summed E-state index contributed by atoms with van der Waals surface area (Å²) in [4.78, 5) is 12.5. The Morgan fingerprint density at radius 3 is 1.57 bits per heavy atom. The maximum Gasteiger partial charge on any atom is 0.338 e. The third kappa shape index (κ3) is 14.4. The van der Waals surface area contributed by atoms with Gasteiger partial charge in [0.15, 0.2) is 0 Å². The largest absolute Gasteiger partial charge is 0.457 e. The van der Waals surface area contributed by atoms with Crippen LogP contribution in [0.15, 0.2) is 72.8 Å². The quantitative estimate of drug-likeness (QED) is 0.0783. The minimum atomic E-state index is -0.336. The molecule has 3 aromatic carbocycles. The number of hydrogen-bond acceptors (Lipinski definition) is 3. The number of hydrogen-bond donors (Lipinski definition) is 0. The highest BCUT2D eigenvalue weighted by Gasteiger charge is 2.10. The fraction of sp³-hybridized carbons (Fsp3) is 0.525. The molecule has 44 heavy (non-hydrogen) atoms. The fourth-order valence-electron chi connectivity index (χ4n) is 5.56. The Morgan fingerprint density at radius 2 is 1.07 bits per heavy atom. The summed E-state index contributed by atoms with van der Waals surface area (Å²) < 4.78 is 11.6. The van der Waals surface area contributed by atoms with Crippen LogP contribution in [-0.4, -0.2) is 12.6 Å². The van der Waals surface area contributed by atoms with Gasteiger partial charge in [-0.05, 0) is 59.9 Å². The molecular formula is C40H55ClO3. The Bertz CT molecular complexity index is 1150. The molecule has 0 spiro atoms. The first-order valence-electron chi connectivity index (χ1n) is 17.3. The predicted molar refractivity (Wildman–Crippen MR) is 186 cm³/mol. The van der Waals surface area contributed by atoms with Gasteiger partial charge in [0, 0.05) is 11.6 Å². The molecule has 0 N–H and O–H groups in total. The van der Waals surface area contributed by atoms with Crippen molar-refractivity contribution in [3.63, 3.8) is 0 Å². The lowest BCUT2D eigenvalue weighted by Crippen LogP contribution is -2.05. The van der Waals surface area contributed by atoms with Gasteiger partial charge in [-0.15, -0.1) is 0 Å². The van der Waals surface area contributed by atoms with Gasteiger partial charge < -0.3 is 9.47 Å². The van der Waals surface area contributed by atoms with Crippen LogP contribution in [0.25, 0.3) is 11.1 Å². The highest BCUT2D eigenvalue weighted by molar-refractivity contribution is 6.30. The highest BCUT2D eigenvalue weighted by atomic mass is 35.5. The van der Waals surface area contributed by atoms with Crippen molar-refractivity contribution in [3.05, 3.63) is 94.5 Å². The summed E-state index contributed by atoms with van der Waals surface area (Å²) in [6.07, 6.45) is 22.2. The number of carbonyl (C=O) groups excluding carboxylic acids is 1. The molecule has 3 nitrogen and oxygen atoms in total. The van der Waals surface area contributed by atoms with E-state index in [0.29, 0.717) is 10.6 Å². The van der Waals surface area contributed by atoms with Crippen molar-refractivity contribution in [2.75, 3.05) is 6.61 Å². The van der Waals surface area contributed by atoms with Crippen LogP contribution >= 0.6 is 11.6 Å². The minimum absolute atomic E-state index is 0.0816. The van der Waals surface area contributed by atoms with Crippen LogP contribution in [0.1, 0.15) is 144 Å². The highest BCUT2D eigenvalue weighted by Crippen LogP contribution is 2.25. The molecule has 3 rings (SSSR count). The lowest BCUT2D eigenvalue weighted by molar-refractivity contribution is 0.0472. The smallest absolute Gasteiger partial charge is 0.338 e. The van der Waals surface area contributed by atoms with E-state index in [9.17, 15) is 4.79 Å². The molecule has 0 saturated carbocycles. The lowest BCUT2D eigenvalue weighted by atomic mass is 10.0. The third-order valence-corrected chi connectivity index (χ3v) is 8.73.